The SMILES string of the molecule is CCC(C)Nc1sc(C(=O)N(C)C)c(N)c1SC. The second-order valence-corrected chi connectivity index (χ2v) is 6.20. The number of carbonyl (C=O) groups excluding carboxylic acids is 1. The van der Waals surface area contributed by atoms with Crippen LogP contribution in [-0.2, 0) is 0 Å². The fourth-order valence-corrected chi connectivity index (χ4v) is 3.57. The van der Waals surface area contributed by atoms with E-state index < -0.39 is 0 Å². The van der Waals surface area contributed by atoms with Gasteiger partial charge in [0.05, 0.1) is 10.6 Å². The molecule has 0 saturated heterocycles. The van der Waals surface area contributed by atoms with E-state index in [9.17, 15) is 4.79 Å². The average Bonchev–Trinajstić information content (AvgIpc) is 2.64. The van der Waals surface area contributed by atoms with Crippen LogP contribution in [0, 0.1) is 0 Å². The number of hydrogen-bond donors (Lipinski definition) is 2. The Morgan fingerprint density at radius 1 is 1.56 bits per heavy atom. The highest BCUT2D eigenvalue weighted by atomic mass is 32.2. The van der Waals surface area contributed by atoms with Crippen molar-refractivity contribution in [1.82, 2.24) is 4.90 Å². The summed E-state index contributed by atoms with van der Waals surface area (Å²) >= 11 is 3.02. The summed E-state index contributed by atoms with van der Waals surface area (Å²) in [6.07, 6.45) is 3.01. The van der Waals surface area contributed by atoms with Crippen LogP contribution < -0.4 is 11.1 Å². The van der Waals surface area contributed by atoms with Crippen molar-refractivity contribution in [2.24, 2.45) is 0 Å². The van der Waals surface area contributed by atoms with E-state index in [-0.39, 0.29) is 5.91 Å². The van der Waals surface area contributed by atoms with Crippen molar-refractivity contribution in [3.05, 3.63) is 4.88 Å². The summed E-state index contributed by atoms with van der Waals surface area (Å²) in [5.74, 6) is -0.0370. The van der Waals surface area contributed by atoms with E-state index in [1.165, 1.54) is 11.3 Å². The highest BCUT2D eigenvalue weighted by Crippen LogP contribution is 2.42. The molecule has 0 fully saturated rings. The topological polar surface area (TPSA) is 58.4 Å². The molecular formula is C12H21N3OS2. The van der Waals surface area contributed by atoms with Crippen LogP contribution in [0.15, 0.2) is 4.90 Å². The first-order chi connectivity index (χ1) is 8.42. The van der Waals surface area contributed by atoms with Gasteiger partial charge in [0, 0.05) is 20.1 Å². The Hall–Kier alpha value is -0.880. The molecule has 102 valence electrons. The molecule has 0 aliphatic heterocycles. The molecule has 0 aliphatic rings. The second kappa shape index (κ2) is 6.33. The van der Waals surface area contributed by atoms with Crippen molar-refractivity contribution in [1.29, 1.82) is 0 Å². The maximum Gasteiger partial charge on any atom is 0.265 e. The van der Waals surface area contributed by atoms with Crippen LogP contribution in [0.25, 0.3) is 0 Å². The van der Waals surface area contributed by atoms with Gasteiger partial charge >= 0.3 is 0 Å². The van der Waals surface area contributed by atoms with Gasteiger partial charge in [0.2, 0.25) is 0 Å². The number of hydrogen-bond acceptors (Lipinski definition) is 5. The smallest absolute Gasteiger partial charge is 0.265 e. The Morgan fingerprint density at radius 3 is 2.61 bits per heavy atom. The number of amides is 1. The minimum absolute atomic E-state index is 0.0370. The quantitative estimate of drug-likeness (QED) is 0.818. The van der Waals surface area contributed by atoms with E-state index in [0.717, 1.165) is 16.3 Å². The molecule has 1 heterocycles. The summed E-state index contributed by atoms with van der Waals surface area (Å²) in [7, 11) is 3.48. The van der Waals surface area contributed by atoms with Crippen molar-refractivity contribution < 1.29 is 4.79 Å². The maximum atomic E-state index is 12.0. The molecule has 0 saturated carbocycles. The number of nitrogens with two attached hydrogens (primary N) is 1. The molecule has 1 rings (SSSR count). The van der Waals surface area contributed by atoms with Crippen molar-refractivity contribution in [2.75, 3.05) is 31.4 Å². The first kappa shape index (κ1) is 15.2. The number of nitrogen functional groups attached to an aromatic ring is 1. The molecule has 1 amide bonds. The summed E-state index contributed by atoms with van der Waals surface area (Å²) < 4.78 is 0. The van der Waals surface area contributed by atoms with Crippen LogP contribution >= 0.6 is 23.1 Å². The molecule has 1 aromatic heterocycles. The van der Waals surface area contributed by atoms with Gasteiger partial charge in [-0.15, -0.1) is 23.1 Å². The highest BCUT2D eigenvalue weighted by molar-refractivity contribution is 7.99. The average molecular weight is 287 g/mol. The summed E-state index contributed by atoms with van der Waals surface area (Å²) in [4.78, 5) is 15.2. The van der Waals surface area contributed by atoms with Gasteiger partial charge in [-0.05, 0) is 19.6 Å². The van der Waals surface area contributed by atoms with Crippen LogP contribution in [0.2, 0.25) is 0 Å². The molecule has 4 nitrogen and oxygen atoms in total. The maximum absolute atomic E-state index is 12.0. The van der Waals surface area contributed by atoms with Crippen LogP contribution in [-0.4, -0.2) is 37.2 Å². The third-order valence-electron chi connectivity index (χ3n) is 2.69. The zero-order chi connectivity index (χ0) is 13.9. The monoisotopic (exact) mass is 287 g/mol. The number of nitrogens with one attached hydrogen (secondary N) is 1. The first-order valence-electron chi connectivity index (χ1n) is 5.86. The molecule has 1 unspecified atom stereocenters. The van der Waals surface area contributed by atoms with Gasteiger partial charge < -0.3 is 16.0 Å². The van der Waals surface area contributed by atoms with Crippen LogP contribution in [0.4, 0.5) is 10.7 Å². The van der Waals surface area contributed by atoms with Crippen LogP contribution in [0.1, 0.15) is 29.9 Å². The first-order valence-corrected chi connectivity index (χ1v) is 7.90. The standard InChI is InChI=1S/C12H21N3OS2/c1-6-7(2)14-11-9(17-5)8(13)10(18-11)12(16)15(3)4/h7,14H,6,13H2,1-5H3. The van der Waals surface area contributed by atoms with Crippen molar-refractivity contribution in [3.8, 4) is 0 Å². The Morgan fingerprint density at radius 2 is 2.17 bits per heavy atom. The van der Waals surface area contributed by atoms with E-state index in [1.807, 2.05) is 6.26 Å². The van der Waals surface area contributed by atoms with Crippen molar-refractivity contribution >= 4 is 39.7 Å². The van der Waals surface area contributed by atoms with E-state index in [2.05, 4.69) is 19.2 Å². The zero-order valence-corrected chi connectivity index (χ0v) is 13.2. The van der Waals surface area contributed by atoms with Crippen molar-refractivity contribution in [3.63, 3.8) is 0 Å². The number of rotatable bonds is 5. The number of anilines is 2. The van der Waals surface area contributed by atoms with E-state index in [0.29, 0.717) is 16.6 Å². The third-order valence-corrected chi connectivity index (χ3v) is 4.78. The van der Waals surface area contributed by atoms with Gasteiger partial charge in [-0.2, -0.15) is 0 Å². The van der Waals surface area contributed by atoms with Gasteiger partial charge in [0.15, 0.2) is 0 Å². The van der Waals surface area contributed by atoms with Gasteiger partial charge in [0.1, 0.15) is 9.88 Å². The van der Waals surface area contributed by atoms with Gasteiger partial charge in [-0.1, -0.05) is 6.92 Å². The number of thioether (sulfide) groups is 1. The number of carbonyl (C=O) groups is 1. The Bertz CT molecular complexity index is 429. The molecule has 0 aliphatic carbocycles. The van der Waals surface area contributed by atoms with Gasteiger partial charge in [-0.25, -0.2) is 0 Å². The minimum Gasteiger partial charge on any atom is -0.396 e. The summed E-state index contributed by atoms with van der Waals surface area (Å²) in [6.45, 7) is 4.24. The number of nitrogens with zero attached hydrogens (tertiary/aromatic N) is 1. The molecule has 6 heteroatoms. The summed E-state index contributed by atoms with van der Waals surface area (Å²) in [5, 5.41) is 4.41. The zero-order valence-electron chi connectivity index (χ0n) is 11.5. The highest BCUT2D eigenvalue weighted by Gasteiger charge is 2.22. The van der Waals surface area contributed by atoms with Crippen molar-refractivity contribution in [2.45, 2.75) is 31.2 Å². The molecule has 0 radical (unpaired) electrons. The molecule has 1 atom stereocenters. The molecule has 1 aromatic rings. The van der Waals surface area contributed by atoms with E-state index in [4.69, 9.17) is 5.73 Å². The van der Waals surface area contributed by atoms with Gasteiger partial charge in [-0.3, -0.25) is 4.79 Å². The fraction of sp³-hybridized carbons (Fsp3) is 0.583. The lowest BCUT2D eigenvalue weighted by molar-refractivity contribution is 0.0833. The molecule has 0 bridgehead atoms. The van der Waals surface area contributed by atoms with Crippen LogP contribution in [0.3, 0.4) is 0 Å². The Balaban J connectivity index is 3.13. The second-order valence-electron chi connectivity index (χ2n) is 4.36. The minimum atomic E-state index is -0.0370. The van der Waals surface area contributed by atoms with Gasteiger partial charge in [0.25, 0.3) is 5.91 Å². The Kier molecular flexibility index (Phi) is 5.34. The molecular weight excluding hydrogens is 266 g/mol. The summed E-state index contributed by atoms with van der Waals surface area (Å²) in [5.41, 5.74) is 6.67. The lowest BCUT2D eigenvalue weighted by Crippen LogP contribution is -2.21. The lowest BCUT2D eigenvalue weighted by Gasteiger charge is -2.12. The fourth-order valence-electron chi connectivity index (χ4n) is 1.41. The number of thiophene rings is 1. The molecule has 0 aromatic carbocycles. The predicted octanol–water partition coefficient (Wildman–Crippen LogP) is 2.96. The molecule has 18 heavy (non-hydrogen) atoms. The Labute approximate surface area is 117 Å². The predicted molar refractivity (Wildman–Crippen MR) is 81.9 cm³/mol. The third kappa shape index (κ3) is 3.11. The molecule has 0 spiro atoms. The summed E-state index contributed by atoms with van der Waals surface area (Å²) in [6, 6.07) is 0.372. The van der Waals surface area contributed by atoms with E-state index >= 15 is 0 Å². The molecule has 3 N–H and O–H groups in total. The van der Waals surface area contributed by atoms with E-state index in [1.54, 1.807) is 30.8 Å². The van der Waals surface area contributed by atoms with Crippen LogP contribution in [0.5, 0.6) is 0 Å². The largest absolute Gasteiger partial charge is 0.396 e. The lowest BCUT2D eigenvalue weighted by atomic mass is 10.2. The normalized spacial score (nSPS) is 12.3.